The Balaban J connectivity index is 2.04. The standard InChI is InChI=1S/C14H12O4S/c1-8-6-12(14(15)16)19-13(8)9-2-3-10-11(7-9)18-5-4-17-10/h2-3,6-7H,4-5H2,1H3,(H,15,16). The Hall–Kier alpha value is -2.01. The lowest BCUT2D eigenvalue weighted by molar-refractivity contribution is 0.0702. The zero-order valence-electron chi connectivity index (χ0n) is 10.3. The van der Waals surface area contributed by atoms with Crippen molar-refractivity contribution in [1.82, 2.24) is 0 Å². The van der Waals surface area contributed by atoms with Gasteiger partial charge in [0.2, 0.25) is 0 Å². The SMILES string of the molecule is Cc1cc(C(=O)O)sc1-c1ccc2c(c1)OCCO2. The highest BCUT2D eigenvalue weighted by Crippen LogP contribution is 2.38. The van der Waals surface area contributed by atoms with E-state index in [9.17, 15) is 4.79 Å². The summed E-state index contributed by atoms with van der Waals surface area (Å²) in [6.07, 6.45) is 0. The molecule has 0 saturated heterocycles. The molecule has 2 heterocycles. The normalized spacial score (nSPS) is 13.3. The third-order valence-electron chi connectivity index (χ3n) is 2.93. The van der Waals surface area contributed by atoms with Crippen LogP contribution in [0.2, 0.25) is 0 Å². The molecule has 0 spiro atoms. The van der Waals surface area contributed by atoms with Gasteiger partial charge in [0.15, 0.2) is 11.5 Å². The summed E-state index contributed by atoms with van der Waals surface area (Å²) in [5.74, 6) is 0.563. The number of hydrogen-bond acceptors (Lipinski definition) is 4. The molecule has 1 aromatic carbocycles. The van der Waals surface area contributed by atoms with E-state index < -0.39 is 5.97 Å². The van der Waals surface area contributed by atoms with Gasteiger partial charge in [0.1, 0.15) is 18.1 Å². The molecule has 2 aromatic rings. The number of benzene rings is 1. The lowest BCUT2D eigenvalue weighted by Crippen LogP contribution is -2.15. The minimum absolute atomic E-state index is 0.349. The zero-order valence-corrected chi connectivity index (χ0v) is 11.1. The number of carbonyl (C=O) groups is 1. The van der Waals surface area contributed by atoms with Crippen LogP contribution in [0.4, 0.5) is 0 Å². The average Bonchev–Trinajstić information content (AvgIpc) is 2.80. The van der Waals surface area contributed by atoms with Crippen LogP contribution >= 0.6 is 11.3 Å². The lowest BCUT2D eigenvalue weighted by atomic mass is 10.1. The van der Waals surface area contributed by atoms with Crippen LogP contribution in [0.5, 0.6) is 11.5 Å². The summed E-state index contributed by atoms with van der Waals surface area (Å²) in [4.78, 5) is 12.3. The fourth-order valence-electron chi connectivity index (χ4n) is 2.06. The Morgan fingerprint density at radius 1 is 1.21 bits per heavy atom. The summed E-state index contributed by atoms with van der Waals surface area (Å²) in [7, 11) is 0. The number of aromatic carboxylic acids is 1. The summed E-state index contributed by atoms with van der Waals surface area (Å²) < 4.78 is 11.0. The Morgan fingerprint density at radius 2 is 1.95 bits per heavy atom. The number of thiophene rings is 1. The molecule has 1 aliphatic rings. The number of aryl methyl sites for hydroxylation is 1. The molecule has 1 N–H and O–H groups in total. The first-order chi connectivity index (χ1) is 9.15. The second-order valence-corrected chi connectivity index (χ2v) is 5.34. The maximum absolute atomic E-state index is 11.0. The van der Waals surface area contributed by atoms with Crippen molar-refractivity contribution < 1.29 is 19.4 Å². The number of ether oxygens (including phenoxy) is 2. The predicted octanol–water partition coefficient (Wildman–Crippen LogP) is 3.19. The molecular weight excluding hydrogens is 264 g/mol. The van der Waals surface area contributed by atoms with Crippen molar-refractivity contribution in [3.63, 3.8) is 0 Å². The van der Waals surface area contributed by atoms with E-state index in [-0.39, 0.29) is 0 Å². The van der Waals surface area contributed by atoms with Crippen LogP contribution in [0.15, 0.2) is 24.3 Å². The van der Waals surface area contributed by atoms with Gasteiger partial charge in [-0.2, -0.15) is 0 Å². The molecule has 5 heteroatoms. The van der Waals surface area contributed by atoms with Crippen molar-refractivity contribution in [3.8, 4) is 21.9 Å². The predicted molar refractivity (Wildman–Crippen MR) is 72.4 cm³/mol. The fourth-order valence-corrected chi connectivity index (χ4v) is 3.07. The maximum atomic E-state index is 11.0. The molecule has 0 aliphatic carbocycles. The summed E-state index contributed by atoms with van der Waals surface area (Å²) >= 11 is 1.28. The van der Waals surface area contributed by atoms with Gasteiger partial charge >= 0.3 is 5.97 Å². The lowest BCUT2D eigenvalue weighted by Gasteiger charge is -2.18. The van der Waals surface area contributed by atoms with Crippen molar-refractivity contribution in [2.75, 3.05) is 13.2 Å². The van der Waals surface area contributed by atoms with E-state index in [2.05, 4.69) is 0 Å². The summed E-state index contributed by atoms with van der Waals surface area (Å²) in [6, 6.07) is 7.39. The molecule has 0 unspecified atom stereocenters. The van der Waals surface area contributed by atoms with Crippen LogP contribution in [-0.4, -0.2) is 24.3 Å². The number of rotatable bonds is 2. The van der Waals surface area contributed by atoms with Crippen LogP contribution in [0, 0.1) is 6.92 Å². The van der Waals surface area contributed by atoms with E-state index in [1.165, 1.54) is 11.3 Å². The molecule has 0 amide bonds. The van der Waals surface area contributed by atoms with Crippen LogP contribution in [0.3, 0.4) is 0 Å². The molecule has 0 fully saturated rings. The Labute approximate surface area is 114 Å². The van der Waals surface area contributed by atoms with Crippen molar-refractivity contribution in [2.24, 2.45) is 0 Å². The van der Waals surface area contributed by atoms with Crippen LogP contribution in [-0.2, 0) is 0 Å². The van der Waals surface area contributed by atoms with Gasteiger partial charge in [-0.15, -0.1) is 11.3 Å². The smallest absolute Gasteiger partial charge is 0.345 e. The van der Waals surface area contributed by atoms with E-state index in [0.717, 1.165) is 21.8 Å². The number of hydrogen-bond donors (Lipinski definition) is 1. The van der Waals surface area contributed by atoms with Gasteiger partial charge in [0.25, 0.3) is 0 Å². The van der Waals surface area contributed by atoms with Crippen molar-refractivity contribution in [3.05, 3.63) is 34.7 Å². The maximum Gasteiger partial charge on any atom is 0.345 e. The second-order valence-electron chi connectivity index (χ2n) is 4.29. The minimum atomic E-state index is -0.892. The molecule has 0 bridgehead atoms. The van der Waals surface area contributed by atoms with E-state index in [4.69, 9.17) is 14.6 Å². The zero-order chi connectivity index (χ0) is 13.4. The summed E-state index contributed by atoms with van der Waals surface area (Å²) in [5, 5.41) is 9.03. The van der Waals surface area contributed by atoms with Crippen molar-refractivity contribution >= 4 is 17.3 Å². The summed E-state index contributed by atoms with van der Waals surface area (Å²) in [6.45, 7) is 3.02. The largest absolute Gasteiger partial charge is 0.486 e. The highest BCUT2D eigenvalue weighted by atomic mass is 32.1. The van der Waals surface area contributed by atoms with Gasteiger partial charge < -0.3 is 14.6 Å². The first-order valence-electron chi connectivity index (χ1n) is 5.89. The molecule has 0 atom stereocenters. The monoisotopic (exact) mass is 276 g/mol. The average molecular weight is 276 g/mol. The van der Waals surface area contributed by atoms with Gasteiger partial charge in [0.05, 0.1) is 0 Å². The molecule has 0 radical (unpaired) electrons. The third kappa shape index (κ3) is 2.17. The van der Waals surface area contributed by atoms with Gasteiger partial charge in [-0.1, -0.05) is 0 Å². The number of fused-ring (bicyclic) bond motifs is 1. The third-order valence-corrected chi connectivity index (χ3v) is 4.21. The van der Waals surface area contributed by atoms with E-state index in [1.807, 2.05) is 25.1 Å². The summed E-state index contributed by atoms with van der Waals surface area (Å²) in [5.41, 5.74) is 1.92. The molecule has 4 nitrogen and oxygen atoms in total. The molecular formula is C14H12O4S. The fraction of sp³-hybridized carbons (Fsp3) is 0.214. The van der Waals surface area contributed by atoms with E-state index in [1.54, 1.807) is 6.07 Å². The van der Waals surface area contributed by atoms with Crippen molar-refractivity contribution in [1.29, 1.82) is 0 Å². The van der Waals surface area contributed by atoms with Gasteiger partial charge in [-0.05, 0) is 42.3 Å². The van der Waals surface area contributed by atoms with Gasteiger partial charge in [-0.3, -0.25) is 0 Å². The Kier molecular flexibility index (Phi) is 2.91. The molecule has 98 valence electrons. The Morgan fingerprint density at radius 3 is 2.63 bits per heavy atom. The molecule has 0 saturated carbocycles. The highest BCUT2D eigenvalue weighted by molar-refractivity contribution is 7.17. The van der Waals surface area contributed by atoms with Crippen molar-refractivity contribution in [2.45, 2.75) is 6.92 Å². The molecule has 1 aliphatic heterocycles. The number of carboxylic acids is 1. The van der Waals surface area contributed by atoms with Gasteiger partial charge in [-0.25, -0.2) is 4.79 Å². The quantitative estimate of drug-likeness (QED) is 0.915. The van der Waals surface area contributed by atoms with Crippen LogP contribution in [0.1, 0.15) is 15.2 Å². The first-order valence-corrected chi connectivity index (χ1v) is 6.70. The minimum Gasteiger partial charge on any atom is -0.486 e. The molecule has 3 rings (SSSR count). The topological polar surface area (TPSA) is 55.8 Å². The first kappa shape index (κ1) is 12.0. The second kappa shape index (κ2) is 4.59. The molecule has 1 aromatic heterocycles. The van der Waals surface area contributed by atoms with Crippen LogP contribution in [0.25, 0.3) is 10.4 Å². The Bertz CT molecular complexity index is 645. The van der Waals surface area contributed by atoms with Crippen LogP contribution < -0.4 is 9.47 Å². The van der Waals surface area contributed by atoms with Gasteiger partial charge in [0, 0.05) is 4.88 Å². The molecule has 19 heavy (non-hydrogen) atoms. The highest BCUT2D eigenvalue weighted by Gasteiger charge is 2.16. The van der Waals surface area contributed by atoms with E-state index >= 15 is 0 Å². The van der Waals surface area contributed by atoms with E-state index in [0.29, 0.717) is 23.8 Å². The number of carboxylic acid groups (broad SMARTS) is 1.